The number of hydrogen-bond donors (Lipinski definition) is 3. The Morgan fingerprint density at radius 1 is 1.39 bits per heavy atom. The van der Waals surface area contributed by atoms with Crippen LogP contribution in [0.2, 0.25) is 0 Å². The molecule has 4 nitrogen and oxygen atoms in total. The van der Waals surface area contributed by atoms with Gasteiger partial charge in [-0.05, 0) is 31.4 Å². The Balaban J connectivity index is 2.79. The molecule has 0 aliphatic heterocycles. The summed E-state index contributed by atoms with van der Waals surface area (Å²) in [4.78, 5) is 0. The third-order valence-electron chi connectivity index (χ3n) is 2.91. The van der Waals surface area contributed by atoms with Crippen LogP contribution in [-0.4, -0.2) is 24.4 Å². The maximum absolute atomic E-state index is 9.06. The Morgan fingerprint density at radius 2 is 2.11 bits per heavy atom. The average Bonchev–Trinajstić information content (AvgIpc) is 2.33. The van der Waals surface area contributed by atoms with E-state index in [4.69, 9.17) is 15.6 Å². The summed E-state index contributed by atoms with van der Waals surface area (Å²) in [5.74, 6) is 1.15. The van der Waals surface area contributed by atoms with Gasteiger partial charge in [0.1, 0.15) is 5.75 Å². The van der Waals surface area contributed by atoms with E-state index in [0.717, 1.165) is 12.1 Å². The number of nitrogen functional groups attached to an aromatic ring is 1. The monoisotopic (exact) mass is 252 g/mol. The highest BCUT2D eigenvalue weighted by Gasteiger charge is 2.13. The van der Waals surface area contributed by atoms with E-state index in [0.29, 0.717) is 24.0 Å². The summed E-state index contributed by atoms with van der Waals surface area (Å²) in [6, 6.07) is 5.92. The molecular formula is C14H24N2O2. The molecule has 0 amide bonds. The molecular weight excluding hydrogens is 228 g/mol. The van der Waals surface area contributed by atoms with Gasteiger partial charge in [-0.2, -0.15) is 0 Å². The predicted octanol–water partition coefficient (Wildman–Crippen LogP) is 2.49. The molecule has 0 radical (unpaired) electrons. The number of aliphatic hydroxyl groups is 1. The van der Waals surface area contributed by atoms with Gasteiger partial charge in [0.15, 0.2) is 0 Å². The molecule has 1 aromatic rings. The summed E-state index contributed by atoms with van der Waals surface area (Å²) in [5.41, 5.74) is 7.45. The van der Waals surface area contributed by atoms with Crippen LogP contribution < -0.4 is 15.8 Å². The van der Waals surface area contributed by atoms with Crippen molar-refractivity contribution in [1.29, 1.82) is 0 Å². The lowest BCUT2D eigenvalue weighted by Gasteiger charge is -2.23. The molecule has 0 bridgehead atoms. The maximum atomic E-state index is 9.06. The fourth-order valence-corrected chi connectivity index (χ4v) is 1.83. The van der Waals surface area contributed by atoms with Gasteiger partial charge in [0, 0.05) is 24.4 Å². The predicted molar refractivity (Wildman–Crippen MR) is 76.0 cm³/mol. The number of nitrogens with one attached hydrogen (secondary N) is 1. The first-order valence-electron chi connectivity index (χ1n) is 6.48. The van der Waals surface area contributed by atoms with E-state index < -0.39 is 0 Å². The maximum Gasteiger partial charge on any atom is 0.144 e. The van der Waals surface area contributed by atoms with Crippen LogP contribution in [0.25, 0.3) is 0 Å². The molecule has 0 aliphatic rings. The third kappa shape index (κ3) is 4.11. The Kier molecular flexibility index (Phi) is 5.78. The lowest BCUT2D eigenvalue weighted by molar-refractivity contribution is 0.267. The van der Waals surface area contributed by atoms with Crippen LogP contribution in [-0.2, 0) is 0 Å². The van der Waals surface area contributed by atoms with Gasteiger partial charge in [0.05, 0.1) is 12.3 Å². The van der Waals surface area contributed by atoms with Crippen LogP contribution in [0.1, 0.15) is 27.2 Å². The van der Waals surface area contributed by atoms with Crippen LogP contribution in [0.3, 0.4) is 0 Å². The zero-order valence-corrected chi connectivity index (χ0v) is 11.4. The van der Waals surface area contributed by atoms with E-state index in [-0.39, 0.29) is 12.6 Å². The van der Waals surface area contributed by atoms with Gasteiger partial charge in [-0.15, -0.1) is 0 Å². The Morgan fingerprint density at radius 3 is 2.67 bits per heavy atom. The molecule has 1 atom stereocenters. The topological polar surface area (TPSA) is 67.5 Å². The molecule has 4 heteroatoms. The number of aliphatic hydroxyl groups excluding tert-OH is 1. The minimum Gasteiger partial charge on any atom is -0.492 e. The highest BCUT2D eigenvalue weighted by molar-refractivity contribution is 5.61. The normalized spacial score (nSPS) is 12.5. The van der Waals surface area contributed by atoms with Gasteiger partial charge in [-0.25, -0.2) is 0 Å². The largest absolute Gasteiger partial charge is 0.492 e. The van der Waals surface area contributed by atoms with Crippen molar-refractivity contribution < 1.29 is 9.84 Å². The van der Waals surface area contributed by atoms with Gasteiger partial charge < -0.3 is 20.9 Å². The summed E-state index contributed by atoms with van der Waals surface area (Å²) in [7, 11) is 0. The SMILES string of the molecule is CCOc1cc(NC(CCO)C(C)C)ccc1N. The van der Waals surface area contributed by atoms with Crippen molar-refractivity contribution in [3.8, 4) is 5.75 Å². The highest BCUT2D eigenvalue weighted by atomic mass is 16.5. The number of ether oxygens (including phenoxy) is 1. The molecule has 0 fully saturated rings. The first-order valence-corrected chi connectivity index (χ1v) is 6.48. The van der Waals surface area contributed by atoms with E-state index >= 15 is 0 Å². The Labute approximate surface area is 109 Å². The second-order valence-electron chi connectivity index (χ2n) is 4.69. The average molecular weight is 252 g/mol. The van der Waals surface area contributed by atoms with Crippen molar-refractivity contribution >= 4 is 11.4 Å². The van der Waals surface area contributed by atoms with Crippen molar-refractivity contribution in [2.75, 3.05) is 24.3 Å². The lowest BCUT2D eigenvalue weighted by Crippen LogP contribution is -2.26. The molecule has 1 unspecified atom stereocenters. The summed E-state index contributed by atoms with van der Waals surface area (Å²) < 4.78 is 5.46. The van der Waals surface area contributed by atoms with Crippen LogP contribution in [0.4, 0.5) is 11.4 Å². The number of nitrogens with two attached hydrogens (primary N) is 1. The molecule has 0 aromatic heterocycles. The van der Waals surface area contributed by atoms with Gasteiger partial charge in [0.25, 0.3) is 0 Å². The quantitative estimate of drug-likeness (QED) is 0.652. The summed E-state index contributed by atoms with van der Waals surface area (Å²) in [5, 5.41) is 12.5. The minimum atomic E-state index is 0.184. The van der Waals surface area contributed by atoms with Crippen molar-refractivity contribution in [1.82, 2.24) is 0 Å². The van der Waals surface area contributed by atoms with Crippen molar-refractivity contribution in [3.63, 3.8) is 0 Å². The highest BCUT2D eigenvalue weighted by Crippen LogP contribution is 2.26. The van der Waals surface area contributed by atoms with Gasteiger partial charge in [0.2, 0.25) is 0 Å². The zero-order chi connectivity index (χ0) is 13.5. The van der Waals surface area contributed by atoms with Gasteiger partial charge >= 0.3 is 0 Å². The third-order valence-corrected chi connectivity index (χ3v) is 2.91. The molecule has 1 rings (SSSR count). The van der Waals surface area contributed by atoms with Crippen molar-refractivity contribution in [2.45, 2.75) is 33.2 Å². The minimum absolute atomic E-state index is 0.184. The molecule has 1 aromatic carbocycles. The smallest absolute Gasteiger partial charge is 0.144 e. The van der Waals surface area contributed by atoms with E-state index in [1.165, 1.54) is 0 Å². The fraction of sp³-hybridized carbons (Fsp3) is 0.571. The van der Waals surface area contributed by atoms with Crippen LogP contribution >= 0.6 is 0 Å². The molecule has 4 N–H and O–H groups in total. The second-order valence-corrected chi connectivity index (χ2v) is 4.69. The number of rotatable bonds is 7. The Hall–Kier alpha value is -1.42. The summed E-state index contributed by atoms with van der Waals surface area (Å²) >= 11 is 0. The molecule has 0 aliphatic carbocycles. The first-order chi connectivity index (χ1) is 8.58. The molecule has 0 spiro atoms. The van der Waals surface area contributed by atoms with Crippen LogP contribution in [0.5, 0.6) is 5.75 Å². The number of benzene rings is 1. The van der Waals surface area contributed by atoms with Crippen LogP contribution in [0, 0.1) is 5.92 Å². The molecule has 102 valence electrons. The molecule has 0 heterocycles. The van der Waals surface area contributed by atoms with Gasteiger partial charge in [-0.3, -0.25) is 0 Å². The zero-order valence-electron chi connectivity index (χ0n) is 11.4. The van der Waals surface area contributed by atoms with E-state index in [1.807, 2.05) is 25.1 Å². The lowest BCUT2D eigenvalue weighted by atomic mass is 10.0. The summed E-state index contributed by atoms with van der Waals surface area (Å²) in [6.45, 7) is 6.98. The van der Waals surface area contributed by atoms with E-state index in [9.17, 15) is 0 Å². The first kappa shape index (κ1) is 14.6. The van der Waals surface area contributed by atoms with E-state index in [2.05, 4.69) is 19.2 Å². The fourth-order valence-electron chi connectivity index (χ4n) is 1.83. The molecule has 18 heavy (non-hydrogen) atoms. The molecule has 0 saturated heterocycles. The molecule has 0 saturated carbocycles. The standard InChI is InChI=1S/C14H24N2O2/c1-4-18-14-9-11(5-6-12(14)15)16-13(7-8-17)10(2)3/h5-6,9-10,13,16-17H,4,7-8,15H2,1-3H3. The number of anilines is 2. The van der Waals surface area contributed by atoms with Gasteiger partial charge in [-0.1, -0.05) is 13.8 Å². The summed E-state index contributed by atoms with van der Waals surface area (Å²) in [6.07, 6.45) is 0.728. The van der Waals surface area contributed by atoms with E-state index in [1.54, 1.807) is 0 Å². The second kappa shape index (κ2) is 7.11. The Bertz CT molecular complexity index is 367. The van der Waals surface area contributed by atoms with Crippen molar-refractivity contribution in [2.24, 2.45) is 5.92 Å². The van der Waals surface area contributed by atoms with Crippen molar-refractivity contribution in [3.05, 3.63) is 18.2 Å². The van der Waals surface area contributed by atoms with Crippen LogP contribution in [0.15, 0.2) is 18.2 Å². The number of hydrogen-bond acceptors (Lipinski definition) is 4.